The van der Waals surface area contributed by atoms with Crippen molar-refractivity contribution in [2.24, 2.45) is 11.5 Å². The fourth-order valence-electron chi connectivity index (χ4n) is 2.68. The molecule has 1 aromatic carbocycles. The number of rotatable bonds is 1. The lowest BCUT2D eigenvalue weighted by Crippen LogP contribution is -2.39. The first-order valence-corrected chi connectivity index (χ1v) is 6.55. The van der Waals surface area contributed by atoms with Gasteiger partial charge in [-0.15, -0.1) is 0 Å². The molecule has 0 bridgehead atoms. The Morgan fingerprint density at radius 1 is 1.30 bits per heavy atom. The van der Waals surface area contributed by atoms with Crippen molar-refractivity contribution in [1.29, 1.82) is 0 Å². The highest BCUT2D eigenvalue weighted by atomic mass is 19.1. The maximum Gasteiger partial charge on any atom is 0.270 e. The second kappa shape index (κ2) is 4.57. The van der Waals surface area contributed by atoms with Crippen LogP contribution in [-0.4, -0.2) is 41.0 Å². The zero-order valence-electron chi connectivity index (χ0n) is 11.2. The molecule has 20 heavy (non-hydrogen) atoms. The number of H-pyrrole nitrogens is 1. The lowest BCUT2D eigenvalue weighted by atomic mass is 10.1. The molecule has 2 atom stereocenters. The van der Waals surface area contributed by atoms with Gasteiger partial charge in [-0.05, 0) is 30.7 Å². The Morgan fingerprint density at radius 2 is 1.95 bits per heavy atom. The summed E-state index contributed by atoms with van der Waals surface area (Å²) in [5.41, 5.74) is 13.5. The maximum atomic E-state index is 13.4. The van der Waals surface area contributed by atoms with Gasteiger partial charge in [0.05, 0.1) is 0 Å². The third-order valence-corrected chi connectivity index (χ3v) is 3.84. The summed E-state index contributed by atoms with van der Waals surface area (Å²) in [6.07, 6.45) is 0. The predicted octanol–water partition coefficient (Wildman–Crippen LogP) is 0.726. The molecule has 2 heterocycles. The van der Waals surface area contributed by atoms with Crippen LogP contribution in [-0.2, 0) is 0 Å². The number of likely N-dealkylation sites (tertiary alicyclic amines) is 1. The Bertz CT molecular complexity index is 671. The molecular formula is C14H17FN4O. The van der Waals surface area contributed by atoms with E-state index < -0.39 is 0 Å². The topological polar surface area (TPSA) is 88.1 Å². The Kier molecular flexibility index (Phi) is 2.99. The Morgan fingerprint density at radius 3 is 2.60 bits per heavy atom. The number of benzene rings is 1. The summed E-state index contributed by atoms with van der Waals surface area (Å²) in [4.78, 5) is 17.0. The molecule has 1 aromatic heterocycles. The number of aromatic nitrogens is 1. The molecule has 1 saturated heterocycles. The number of hydrogen-bond donors (Lipinski definition) is 3. The third-order valence-electron chi connectivity index (χ3n) is 3.84. The number of carbonyl (C=O) groups is 1. The fraction of sp³-hybridized carbons (Fsp3) is 0.357. The van der Waals surface area contributed by atoms with Gasteiger partial charge < -0.3 is 21.4 Å². The molecule has 5 nitrogen and oxygen atoms in total. The third kappa shape index (κ3) is 2.07. The van der Waals surface area contributed by atoms with Crippen LogP contribution in [0, 0.1) is 12.7 Å². The minimum Gasteiger partial charge on any atom is -0.350 e. The summed E-state index contributed by atoms with van der Waals surface area (Å²) >= 11 is 0. The summed E-state index contributed by atoms with van der Waals surface area (Å²) in [5, 5.41) is 0.850. The van der Waals surface area contributed by atoms with E-state index in [4.69, 9.17) is 11.5 Å². The molecule has 1 aliphatic heterocycles. The fourth-order valence-corrected chi connectivity index (χ4v) is 2.68. The lowest BCUT2D eigenvalue weighted by Gasteiger charge is -2.14. The van der Waals surface area contributed by atoms with Crippen LogP contribution in [0.1, 0.15) is 16.1 Å². The number of fused-ring (bicyclic) bond motifs is 1. The quantitative estimate of drug-likeness (QED) is 0.717. The van der Waals surface area contributed by atoms with Crippen LogP contribution in [0.15, 0.2) is 18.2 Å². The highest BCUT2D eigenvalue weighted by Gasteiger charge is 2.31. The van der Waals surface area contributed by atoms with E-state index in [-0.39, 0.29) is 23.8 Å². The van der Waals surface area contributed by atoms with Crippen LogP contribution < -0.4 is 11.5 Å². The largest absolute Gasteiger partial charge is 0.350 e. The number of nitrogens with two attached hydrogens (primary N) is 2. The smallest absolute Gasteiger partial charge is 0.270 e. The molecule has 106 valence electrons. The van der Waals surface area contributed by atoms with Crippen LogP contribution >= 0.6 is 0 Å². The second-order valence-electron chi connectivity index (χ2n) is 5.40. The van der Waals surface area contributed by atoms with Crippen molar-refractivity contribution in [1.82, 2.24) is 9.88 Å². The Balaban J connectivity index is 1.95. The van der Waals surface area contributed by atoms with Gasteiger partial charge in [0.2, 0.25) is 0 Å². The number of aromatic amines is 1. The number of nitrogens with one attached hydrogen (secondary N) is 1. The number of aryl methyl sites for hydroxylation is 1. The van der Waals surface area contributed by atoms with Crippen molar-refractivity contribution in [3.63, 3.8) is 0 Å². The van der Waals surface area contributed by atoms with Gasteiger partial charge in [-0.3, -0.25) is 4.79 Å². The molecule has 6 heteroatoms. The lowest BCUT2D eigenvalue weighted by molar-refractivity contribution is 0.0784. The van der Waals surface area contributed by atoms with E-state index in [0.717, 1.165) is 10.9 Å². The van der Waals surface area contributed by atoms with Crippen LogP contribution in [0.4, 0.5) is 4.39 Å². The van der Waals surface area contributed by atoms with Crippen molar-refractivity contribution in [2.75, 3.05) is 13.1 Å². The summed E-state index contributed by atoms with van der Waals surface area (Å²) < 4.78 is 13.4. The average Bonchev–Trinajstić information content (AvgIpc) is 2.93. The van der Waals surface area contributed by atoms with Crippen LogP contribution in [0.25, 0.3) is 10.9 Å². The van der Waals surface area contributed by atoms with Crippen molar-refractivity contribution >= 4 is 16.8 Å². The first-order chi connectivity index (χ1) is 9.45. The first kappa shape index (κ1) is 13.1. The van der Waals surface area contributed by atoms with Gasteiger partial charge in [0.15, 0.2) is 0 Å². The van der Waals surface area contributed by atoms with Crippen LogP contribution in [0.5, 0.6) is 0 Å². The number of halogens is 1. The van der Waals surface area contributed by atoms with E-state index in [9.17, 15) is 9.18 Å². The molecule has 3 rings (SSSR count). The van der Waals surface area contributed by atoms with Gasteiger partial charge in [0.25, 0.3) is 5.91 Å². The summed E-state index contributed by atoms with van der Waals surface area (Å²) in [6, 6.07) is 4.21. The van der Waals surface area contributed by atoms with Crippen molar-refractivity contribution in [3.8, 4) is 0 Å². The van der Waals surface area contributed by atoms with Gasteiger partial charge in [0.1, 0.15) is 11.5 Å². The SMILES string of the molecule is Cc1cc(F)cc2[nH]c(C(=O)N3C[C@@H](N)[C@H](N)C3)cc12. The molecule has 1 amide bonds. The van der Waals surface area contributed by atoms with E-state index in [1.54, 1.807) is 11.0 Å². The van der Waals surface area contributed by atoms with E-state index >= 15 is 0 Å². The summed E-state index contributed by atoms with van der Waals surface area (Å²) in [7, 11) is 0. The van der Waals surface area contributed by atoms with Crippen LogP contribution in [0.3, 0.4) is 0 Å². The average molecular weight is 276 g/mol. The number of hydrogen-bond acceptors (Lipinski definition) is 3. The van der Waals surface area contributed by atoms with Gasteiger partial charge >= 0.3 is 0 Å². The standard InChI is InChI=1S/C14H17FN4O/c1-7-2-8(15)3-12-9(7)4-13(18-12)14(20)19-5-10(16)11(17)6-19/h2-4,10-11,18H,5-6,16-17H2,1H3/t10-,11-/m1/s1. The second-order valence-corrected chi connectivity index (χ2v) is 5.40. The molecule has 5 N–H and O–H groups in total. The minimum atomic E-state index is -0.318. The maximum absolute atomic E-state index is 13.4. The van der Waals surface area contributed by atoms with Gasteiger partial charge in [0, 0.05) is 36.1 Å². The number of nitrogens with zero attached hydrogens (tertiary/aromatic N) is 1. The molecule has 0 radical (unpaired) electrons. The van der Waals surface area contributed by atoms with E-state index in [2.05, 4.69) is 4.98 Å². The van der Waals surface area contributed by atoms with E-state index in [1.807, 2.05) is 6.92 Å². The Hall–Kier alpha value is -1.92. The number of carbonyl (C=O) groups excluding carboxylic acids is 1. The number of amides is 1. The minimum absolute atomic E-state index is 0.149. The summed E-state index contributed by atoms with van der Waals surface area (Å²) in [6.45, 7) is 2.71. The van der Waals surface area contributed by atoms with Crippen molar-refractivity contribution in [3.05, 3.63) is 35.3 Å². The van der Waals surface area contributed by atoms with Crippen molar-refractivity contribution in [2.45, 2.75) is 19.0 Å². The van der Waals surface area contributed by atoms with Gasteiger partial charge in [-0.1, -0.05) is 0 Å². The molecule has 0 unspecified atom stereocenters. The molecule has 1 fully saturated rings. The summed E-state index contributed by atoms with van der Waals surface area (Å²) in [5.74, 6) is -0.467. The monoisotopic (exact) mass is 276 g/mol. The molecule has 0 spiro atoms. The van der Waals surface area contributed by atoms with Gasteiger partial charge in [-0.2, -0.15) is 0 Å². The van der Waals surface area contributed by atoms with Crippen LogP contribution in [0.2, 0.25) is 0 Å². The van der Waals surface area contributed by atoms with Crippen molar-refractivity contribution < 1.29 is 9.18 Å². The van der Waals surface area contributed by atoms with Gasteiger partial charge in [-0.25, -0.2) is 4.39 Å². The normalized spacial score (nSPS) is 22.7. The Labute approximate surface area is 115 Å². The van der Waals surface area contributed by atoms with E-state index in [0.29, 0.717) is 24.3 Å². The highest BCUT2D eigenvalue weighted by molar-refractivity contribution is 5.99. The molecule has 2 aromatic rings. The zero-order valence-corrected chi connectivity index (χ0v) is 11.2. The zero-order chi connectivity index (χ0) is 14.4. The molecule has 0 saturated carbocycles. The highest BCUT2D eigenvalue weighted by Crippen LogP contribution is 2.22. The molecular weight excluding hydrogens is 259 g/mol. The first-order valence-electron chi connectivity index (χ1n) is 6.55. The molecule has 0 aliphatic carbocycles. The van der Waals surface area contributed by atoms with E-state index in [1.165, 1.54) is 12.1 Å². The molecule has 1 aliphatic rings. The predicted molar refractivity (Wildman–Crippen MR) is 74.8 cm³/mol.